The van der Waals surface area contributed by atoms with E-state index in [0.29, 0.717) is 29.5 Å². The van der Waals surface area contributed by atoms with E-state index in [1.807, 2.05) is 4.57 Å². The van der Waals surface area contributed by atoms with Crippen LogP contribution in [-0.4, -0.2) is 27.9 Å². The van der Waals surface area contributed by atoms with Crippen molar-refractivity contribution in [1.82, 2.24) is 14.9 Å². The molecule has 1 aliphatic heterocycles. The van der Waals surface area contributed by atoms with Gasteiger partial charge in [-0.05, 0) is 43.5 Å². The summed E-state index contributed by atoms with van der Waals surface area (Å²) in [5.41, 5.74) is 1.76. The third-order valence-electron chi connectivity index (χ3n) is 4.05. The van der Waals surface area contributed by atoms with Crippen LogP contribution in [-0.2, 0) is 13.0 Å². The minimum atomic E-state index is -0.340. The molecule has 0 fully saturated rings. The number of fused-ring (bicyclic) bond motifs is 1. The Balaban J connectivity index is 1.88. The van der Waals surface area contributed by atoms with E-state index in [1.54, 1.807) is 30.3 Å². The van der Waals surface area contributed by atoms with Crippen molar-refractivity contribution in [3.8, 4) is 0 Å². The van der Waals surface area contributed by atoms with Crippen molar-refractivity contribution in [2.24, 2.45) is 0 Å². The summed E-state index contributed by atoms with van der Waals surface area (Å²) in [7, 11) is 0. The monoisotopic (exact) mass is 358 g/mol. The molecule has 0 radical (unpaired) electrons. The van der Waals surface area contributed by atoms with Crippen LogP contribution in [0.2, 0.25) is 5.02 Å². The van der Waals surface area contributed by atoms with Gasteiger partial charge in [0.05, 0.1) is 5.69 Å². The summed E-state index contributed by atoms with van der Waals surface area (Å²) in [4.78, 5) is 29.3. The van der Waals surface area contributed by atoms with Crippen LogP contribution in [0.3, 0.4) is 0 Å². The van der Waals surface area contributed by atoms with Crippen molar-refractivity contribution in [2.45, 2.75) is 25.8 Å². The summed E-state index contributed by atoms with van der Waals surface area (Å²) in [5, 5.41) is 6.12. The zero-order valence-corrected chi connectivity index (χ0v) is 14.5. The van der Waals surface area contributed by atoms with E-state index in [0.717, 1.165) is 25.0 Å². The van der Waals surface area contributed by atoms with Crippen molar-refractivity contribution in [1.29, 1.82) is 0 Å². The Morgan fingerprint density at radius 1 is 1.24 bits per heavy atom. The zero-order chi connectivity index (χ0) is 17.8. The maximum atomic E-state index is 12.6. The highest BCUT2D eigenvalue weighted by molar-refractivity contribution is 6.30. The lowest BCUT2D eigenvalue weighted by molar-refractivity contribution is 0.0952. The number of nitrogens with one attached hydrogen (secondary N) is 2. The molecule has 1 aromatic heterocycles. The normalized spacial score (nSPS) is 13.0. The van der Waals surface area contributed by atoms with E-state index in [-0.39, 0.29) is 17.6 Å². The third-order valence-corrected chi connectivity index (χ3v) is 4.30. The molecular weight excluding hydrogens is 340 g/mol. The van der Waals surface area contributed by atoms with E-state index in [4.69, 9.17) is 11.6 Å². The molecule has 1 aliphatic rings. The second kappa shape index (κ2) is 7.53. The first-order valence-electron chi connectivity index (χ1n) is 8.15. The Bertz CT molecular complexity index is 811. The van der Waals surface area contributed by atoms with Crippen molar-refractivity contribution in [3.05, 3.63) is 59.2 Å². The predicted molar refractivity (Wildman–Crippen MR) is 97.1 cm³/mol. The average Bonchev–Trinajstić information content (AvgIpc) is 3.01. The van der Waals surface area contributed by atoms with E-state index in [1.165, 1.54) is 0 Å². The number of hydrogen-bond acceptors (Lipinski definition) is 3. The number of nitrogens with zero attached hydrogens (tertiary/aromatic N) is 2. The second-order valence-electron chi connectivity index (χ2n) is 5.80. The Hall–Kier alpha value is -2.60. The number of benzene rings is 1. The molecular formula is C18H19ClN4O2. The number of carbonyl (C=O) groups is 2. The lowest BCUT2D eigenvalue weighted by atomic mass is 10.1. The van der Waals surface area contributed by atoms with Gasteiger partial charge in [-0.3, -0.25) is 9.59 Å². The van der Waals surface area contributed by atoms with Crippen molar-refractivity contribution < 1.29 is 9.59 Å². The van der Waals surface area contributed by atoms with Gasteiger partial charge >= 0.3 is 0 Å². The molecule has 0 saturated heterocycles. The number of carbonyl (C=O) groups excluding carboxylic acids is 2. The van der Waals surface area contributed by atoms with Gasteiger partial charge in [0.1, 0.15) is 5.69 Å². The van der Waals surface area contributed by atoms with Crippen molar-refractivity contribution >= 4 is 29.1 Å². The summed E-state index contributed by atoms with van der Waals surface area (Å²) < 4.78 is 1.84. The number of imidazole rings is 1. The predicted octanol–water partition coefficient (Wildman–Crippen LogP) is 3.04. The highest BCUT2D eigenvalue weighted by atomic mass is 35.5. The van der Waals surface area contributed by atoms with Gasteiger partial charge in [0.15, 0.2) is 5.82 Å². The Morgan fingerprint density at radius 3 is 2.72 bits per heavy atom. The topological polar surface area (TPSA) is 76.0 Å². The molecule has 1 aromatic carbocycles. The first-order chi connectivity index (χ1) is 12.1. The van der Waals surface area contributed by atoms with Crippen LogP contribution in [0, 0.1) is 0 Å². The Labute approximate surface area is 150 Å². The Morgan fingerprint density at radius 2 is 2.00 bits per heavy atom. The van der Waals surface area contributed by atoms with Crippen LogP contribution in [0.15, 0.2) is 36.9 Å². The van der Waals surface area contributed by atoms with Crippen molar-refractivity contribution in [3.63, 3.8) is 0 Å². The van der Waals surface area contributed by atoms with E-state index < -0.39 is 0 Å². The van der Waals surface area contributed by atoms with Crippen LogP contribution in [0.4, 0.5) is 5.69 Å². The summed E-state index contributed by atoms with van der Waals surface area (Å²) in [5.74, 6) is -0.363. The van der Waals surface area contributed by atoms with Crippen molar-refractivity contribution in [2.75, 3.05) is 11.9 Å². The summed E-state index contributed by atoms with van der Waals surface area (Å²) >= 11 is 5.86. The minimum absolute atomic E-state index is 0.258. The molecule has 2 aromatic rings. The second-order valence-corrected chi connectivity index (χ2v) is 6.24. The lowest BCUT2D eigenvalue weighted by Gasteiger charge is -2.17. The molecule has 3 rings (SSSR count). The largest absolute Gasteiger partial charge is 0.347 e. The highest BCUT2D eigenvalue weighted by Crippen LogP contribution is 2.22. The van der Waals surface area contributed by atoms with Gasteiger partial charge in [-0.1, -0.05) is 17.7 Å². The SMILES string of the molecule is C=CCNC(=O)c1nc(C(=O)Nc2ccc(Cl)cc2)n2c1CCCC2. The van der Waals surface area contributed by atoms with E-state index in [9.17, 15) is 9.59 Å². The fourth-order valence-electron chi connectivity index (χ4n) is 2.87. The minimum Gasteiger partial charge on any atom is -0.347 e. The molecule has 25 heavy (non-hydrogen) atoms. The molecule has 2 N–H and O–H groups in total. The molecule has 0 spiro atoms. The molecule has 0 atom stereocenters. The van der Waals surface area contributed by atoms with Crippen LogP contribution < -0.4 is 10.6 Å². The average molecular weight is 359 g/mol. The molecule has 2 heterocycles. The molecule has 0 aliphatic carbocycles. The molecule has 0 unspecified atom stereocenters. The smallest absolute Gasteiger partial charge is 0.291 e. The van der Waals surface area contributed by atoms with Gasteiger partial charge in [-0.15, -0.1) is 6.58 Å². The fraction of sp³-hybridized carbons (Fsp3) is 0.278. The maximum Gasteiger partial charge on any atom is 0.291 e. The zero-order valence-electron chi connectivity index (χ0n) is 13.7. The van der Waals surface area contributed by atoms with Gasteiger partial charge in [0.2, 0.25) is 0 Å². The summed E-state index contributed by atoms with van der Waals surface area (Å²) in [6, 6.07) is 6.84. The first-order valence-corrected chi connectivity index (χ1v) is 8.53. The number of aromatic nitrogens is 2. The molecule has 130 valence electrons. The number of amides is 2. The van der Waals surface area contributed by atoms with Gasteiger partial charge in [-0.25, -0.2) is 4.98 Å². The Kier molecular flexibility index (Phi) is 5.19. The lowest BCUT2D eigenvalue weighted by Crippen LogP contribution is -2.25. The van der Waals surface area contributed by atoms with E-state index in [2.05, 4.69) is 22.2 Å². The quantitative estimate of drug-likeness (QED) is 0.806. The first kappa shape index (κ1) is 17.2. The molecule has 7 heteroatoms. The van der Waals surface area contributed by atoms with Crippen LogP contribution in [0.1, 0.15) is 39.6 Å². The van der Waals surface area contributed by atoms with Gasteiger partial charge in [-0.2, -0.15) is 0 Å². The van der Waals surface area contributed by atoms with Crippen LogP contribution in [0.5, 0.6) is 0 Å². The number of anilines is 1. The molecule has 6 nitrogen and oxygen atoms in total. The molecule has 0 saturated carbocycles. The van der Waals surface area contributed by atoms with Crippen LogP contribution in [0.25, 0.3) is 0 Å². The standard InChI is InChI=1S/C18H19ClN4O2/c1-2-10-20-17(24)15-14-5-3-4-11-23(14)16(22-15)18(25)21-13-8-6-12(19)7-9-13/h2,6-9H,1,3-5,10-11H2,(H,20,24)(H,21,25). The number of rotatable bonds is 5. The maximum absolute atomic E-state index is 12.6. The number of hydrogen-bond donors (Lipinski definition) is 2. The van der Waals surface area contributed by atoms with Gasteiger partial charge in [0.25, 0.3) is 11.8 Å². The van der Waals surface area contributed by atoms with E-state index >= 15 is 0 Å². The number of halogens is 1. The molecule has 2 amide bonds. The summed E-state index contributed by atoms with van der Waals surface area (Å²) in [6.07, 6.45) is 4.27. The summed E-state index contributed by atoms with van der Waals surface area (Å²) in [6.45, 7) is 4.63. The third kappa shape index (κ3) is 3.74. The van der Waals surface area contributed by atoms with Gasteiger partial charge in [0, 0.05) is 23.8 Å². The fourth-order valence-corrected chi connectivity index (χ4v) is 2.99. The highest BCUT2D eigenvalue weighted by Gasteiger charge is 2.27. The van der Waals surface area contributed by atoms with Crippen LogP contribution >= 0.6 is 11.6 Å². The molecule has 0 bridgehead atoms. The van der Waals surface area contributed by atoms with Gasteiger partial charge < -0.3 is 15.2 Å².